The monoisotopic (exact) mass is 264 g/mol. The molecule has 1 aliphatic rings. The molecule has 1 unspecified atom stereocenters. The molecule has 0 aliphatic heterocycles. The minimum atomic E-state index is 0.666. The van der Waals surface area contributed by atoms with Crippen molar-refractivity contribution in [1.29, 1.82) is 0 Å². The van der Waals surface area contributed by atoms with Gasteiger partial charge in [0, 0.05) is 18.0 Å². The first kappa shape index (κ1) is 13.9. The summed E-state index contributed by atoms with van der Waals surface area (Å²) in [7, 11) is 0. The second-order valence-corrected chi connectivity index (χ2v) is 6.12. The lowest BCUT2D eigenvalue weighted by Crippen LogP contribution is -2.37. The Morgan fingerprint density at radius 1 is 1.39 bits per heavy atom. The number of pyridine rings is 1. The maximum atomic E-state index is 4.39. The highest BCUT2D eigenvalue weighted by Gasteiger charge is 2.24. The smallest absolute Gasteiger partial charge is 0.0960 e. The Labute approximate surface area is 115 Å². The fourth-order valence-corrected chi connectivity index (χ4v) is 3.71. The normalized spacial score (nSPS) is 18.1. The van der Waals surface area contributed by atoms with Gasteiger partial charge in [-0.3, -0.25) is 0 Å². The van der Waals surface area contributed by atoms with Gasteiger partial charge in [0.15, 0.2) is 0 Å². The zero-order valence-electron chi connectivity index (χ0n) is 11.3. The molecule has 3 heteroatoms. The van der Waals surface area contributed by atoms with E-state index < -0.39 is 0 Å². The van der Waals surface area contributed by atoms with Gasteiger partial charge in [0.25, 0.3) is 0 Å². The van der Waals surface area contributed by atoms with Gasteiger partial charge in [0.1, 0.15) is 0 Å². The fourth-order valence-electron chi connectivity index (χ4n) is 2.66. The molecule has 0 saturated heterocycles. The maximum absolute atomic E-state index is 4.39. The highest BCUT2D eigenvalue weighted by Crippen LogP contribution is 2.30. The summed E-state index contributed by atoms with van der Waals surface area (Å²) < 4.78 is 0. The standard InChI is InChI=1S/C15H24N2S/c1-2-10-16-14(13-7-3-4-8-13)12-18-15-9-5-6-11-17-15/h5-6,9,11,13-14,16H,2-4,7-8,10,12H2,1H3. The molecule has 1 saturated carbocycles. The molecule has 1 aromatic rings. The van der Waals surface area contributed by atoms with Crippen molar-refractivity contribution in [3.63, 3.8) is 0 Å². The average molecular weight is 264 g/mol. The Bertz CT molecular complexity index is 323. The predicted molar refractivity (Wildman–Crippen MR) is 79.0 cm³/mol. The van der Waals surface area contributed by atoms with Crippen LogP contribution in [0.3, 0.4) is 0 Å². The number of hydrogen-bond acceptors (Lipinski definition) is 3. The van der Waals surface area contributed by atoms with Gasteiger partial charge >= 0.3 is 0 Å². The van der Waals surface area contributed by atoms with Crippen LogP contribution >= 0.6 is 11.8 Å². The van der Waals surface area contributed by atoms with Gasteiger partial charge in [-0.25, -0.2) is 4.98 Å². The van der Waals surface area contributed by atoms with Crippen LogP contribution in [0.4, 0.5) is 0 Å². The van der Waals surface area contributed by atoms with Crippen LogP contribution in [0.15, 0.2) is 29.4 Å². The Hall–Kier alpha value is -0.540. The topological polar surface area (TPSA) is 24.9 Å². The Kier molecular flexibility index (Phi) is 6.01. The van der Waals surface area contributed by atoms with Crippen molar-refractivity contribution in [3.05, 3.63) is 24.4 Å². The largest absolute Gasteiger partial charge is 0.313 e. The number of rotatable bonds is 7. The Balaban J connectivity index is 1.84. The van der Waals surface area contributed by atoms with Crippen molar-refractivity contribution < 1.29 is 0 Å². The molecular formula is C15H24N2S. The third-order valence-corrected chi connectivity index (χ3v) is 4.74. The van der Waals surface area contributed by atoms with Crippen LogP contribution in [-0.4, -0.2) is 23.3 Å². The van der Waals surface area contributed by atoms with Crippen LogP contribution in [0.25, 0.3) is 0 Å². The molecule has 1 aromatic heterocycles. The van der Waals surface area contributed by atoms with Crippen LogP contribution in [0.1, 0.15) is 39.0 Å². The molecule has 0 aromatic carbocycles. The van der Waals surface area contributed by atoms with E-state index in [1.807, 2.05) is 24.0 Å². The van der Waals surface area contributed by atoms with Gasteiger partial charge < -0.3 is 5.32 Å². The first-order chi connectivity index (χ1) is 8.90. The first-order valence-electron chi connectivity index (χ1n) is 7.17. The van der Waals surface area contributed by atoms with Gasteiger partial charge in [-0.1, -0.05) is 25.8 Å². The summed E-state index contributed by atoms with van der Waals surface area (Å²) in [5.41, 5.74) is 0. The highest BCUT2D eigenvalue weighted by molar-refractivity contribution is 7.99. The molecular weight excluding hydrogens is 240 g/mol. The van der Waals surface area contributed by atoms with Gasteiger partial charge in [0.2, 0.25) is 0 Å². The third-order valence-electron chi connectivity index (χ3n) is 3.67. The molecule has 2 nitrogen and oxygen atoms in total. The molecule has 0 amide bonds. The van der Waals surface area contributed by atoms with Gasteiger partial charge in [-0.2, -0.15) is 0 Å². The summed E-state index contributed by atoms with van der Waals surface area (Å²) in [4.78, 5) is 4.39. The summed E-state index contributed by atoms with van der Waals surface area (Å²) >= 11 is 1.89. The summed E-state index contributed by atoms with van der Waals surface area (Å²) in [6.07, 6.45) is 8.75. The van der Waals surface area contributed by atoms with Crippen LogP contribution in [0.5, 0.6) is 0 Å². The number of thioether (sulfide) groups is 1. The lowest BCUT2D eigenvalue weighted by Gasteiger charge is -2.24. The molecule has 2 rings (SSSR count). The predicted octanol–water partition coefficient (Wildman–Crippen LogP) is 3.73. The minimum Gasteiger partial charge on any atom is -0.313 e. The molecule has 1 heterocycles. The van der Waals surface area contributed by atoms with Gasteiger partial charge in [0.05, 0.1) is 5.03 Å². The van der Waals surface area contributed by atoms with E-state index >= 15 is 0 Å². The summed E-state index contributed by atoms with van der Waals surface area (Å²) in [5.74, 6) is 2.04. The molecule has 1 fully saturated rings. The van der Waals surface area contributed by atoms with E-state index in [1.54, 1.807) is 0 Å². The Morgan fingerprint density at radius 3 is 2.89 bits per heavy atom. The maximum Gasteiger partial charge on any atom is 0.0960 e. The first-order valence-corrected chi connectivity index (χ1v) is 8.16. The molecule has 0 bridgehead atoms. The number of nitrogens with zero attached hydrogens (tertiary/aromatic N) is 1. The minimum absolute atomic E-state index is 0.666. The number of nitrogens with one attached hydrogen (secondary N) is 1. The summed E-state index contributed by atoms with van der Waals surface area (Å²) in [6, 6.07) is 6.82. The van der Waals surface area contributed by atoms with Crippen molar-refractivity contribution in [3.8, 4) is 0 Å². The molecule has 18 heavy (non-hydrogen) atoms. The lowest BCUT2D eigenvalue weighted by atomic mass is 10.00. The van der Waals surface area contributed by atoms with Crippen molar-refractivity contribution in [1.82, 2.24) is 10.3 Å². The second kappa shape index (κ2) is 7.80. The zero-order valence-corrected chi connectivity index (χ0v) is 12.1. The van der Waals surface area contributed by atoms with E-state index in [1.165, 1.54) is 32.1 Å². The van der Waals surface area contributed by atoms with Crippen molar-refractivity contribution in [2.45, 2.75) is 50.1 Å². The quantitative estimate of drug-likeness (QED) is 0.760. The highest BCUT2D eigenvalue weighted by atomic mass is 32.2. The summed E-state index contributed by atoms with van der Waals surface area (Å²) in [5, 5.41) is 4.88. The van der Waals surface area contributed by atoms with E-state index in [2.05, 4.69) is 29.4 Å². The van der Waals surface area contributed by atoms with Crippen molar-refractivity contribution in [2.75, 3.05) is 12.3 Å². The van der Waals surface area contributed by atoms with Crippen LogP contribution < -0.4 is 5.32 Å². The molecule has 1 N–H and O–H groups in total. The fraction of sp³-hybridized carbons (Fsp3) is 0.667. The summed E-state index contributed by atoms with van der Waals surface area (Å²) in [6.45, 7) is 3.38. The van der Waals surface area contributed by atoms with E-state index in [-0.39, 0.29) is 0 Å². The molecule has 0 radical (unpaired) electrons. The van der Waals surface area contributed by atoms with Crippen molar-refractivity contribution in [2.24, 2.45) is 5.92 Å². The van der Waals surface area contributed by atoms with E-state index in [0.717, 1.165) is 23.2 Å². The van der Waals surface area contributed by atoms with Crippen LogP contribution in [-0.2, 0) is 0 Å². The van der Waals surface area contributed by atoms with Gasteiger partial charge in [-0.05, 0) is 43.9 Å². The average Bonchev–Trinajstić information content (AvgIpc) is 2.94. The zero-order chi connectivity index (χ0) is 12.6. The van der Waals surface area contributed by atoms with E-state index in [0.29, 0.717) is 6.04 Å². The lowest BCUT2D eigenvalue weighted by molar-refractivity contribution is 0.388. The van der Waals surface area contributed by atoms with E-state index in [4.69, 9.17) is 0 Å². The molecule has 0 spiro atoms. The number of aromatic nitrogens is 1. The SMILES string of the molecule is CCCNC(CSc1ccccn1)C1CCCC1. The van der Waals surface area contributed by atoms with Gasteiger partial charge in [-0.15, -0.1) is 11.8 Å². The third kappa shape index (κ3) is 4.29. The molecule has 100 valence electrons. The van der Waals surface area contributed by atoms with Crippen LogP contribution in [0, 0.1) is 5.92 Å². The molecule has 1 aliphatic carbocycles. The van der Waals surface area contributed by atoms with Crippen LogP contribution in [0.2, 0.25) is 0 Å². The molecule has 1 atom stereocenters. The number of hydrogen-bond donors (Lipinski definition) is 1. The Morgan fingerprint density at radius 2 is 2.22 bits per heavy atom. The van der Waals surface area contributed by atoms with E-state index in [9.17, 15) is 0 Å². The second-order valence-electron chi connectivity index (χ2n) is 5.08. The van der Waals surface area contributed by atoms with Crippen molar-refractivity contribution >= 4 is 11.8 Å².